The summed E-state index contributed by atoms with van der Waals surface area (Å²) in [6, 6.07) is 17.9. The Kier molecular flexibility index (Phi) is 9.92. The molecule has 3 aromatic carbocycles. The molecule has 13 heteroatoms. The van der Waals surface area contributed by atoms with Crippen LogP contribution in [0.15, 0.2) is 95.0 Å². The molecule has 3 rings (SSSR count). The first-order chi connectivity index (χ1) is 18.6. The fraction of sp³-hybridized carbons (Fsp3) is 0.115. The van der Waals surface area contributed by atoms with Crippen LogP contribution in [0.1, 0.15) is 17.2 Å². The maximum atomic E-state index is 13.2. The van der Waals surface area contributed by atoms with Crippen molar-refractivity contribution in [3.63, 3.8) is 0 Å². The summed E-state index contributed by atoms with van der Waals surface area (Å²) in [6.07, 6.45) is -3.63. The van der Waals surface area contributed by atoms with Gasteiger partial charge in [0.05, 0.1) is 15.7 Å². The van der Waals surface area contributed by atoms with Crippen molar-refractivity contribution >= 4 is 39.3 Å². The number of halogens is 4. The number of amides is 1. The lowest BCUT2D eigenvalue weighted by molar-refractivity contribution is -0.189. The number of para-hydroxylation sites is 2. The van der Waals surface area contributed by atoms with Gasteiger partial charge in [-0.1, -0.05) is 49.1 Å². The highest BCUT2D eigenvalue weighted by atomic mass is 79.9. The zero-order valence-corrected chi connectivity index (χ0v) is 21.8. The summed E-state index contributed by atoms with van der Waals surface area (Å²) in [5, 5.41) is 4.00. The molecule has 0 saturated heterocycles. The second-order valence-corrected chi connectivity index (χ2v) is 8.57. The first-order valence-corrected chi connectivity index (χ1v) is 12.0. The SMILES string of the molecule is C=CCOc1ccc(C(N/N=C(\N)c2ccccc2OC(=O)C(F)(F)F)C(=O)NNc2ccccc2)cc1Br. The molecule has 39 heavy (non-hydrogen) atoms. The lowest BCUT2D eigenvalue weighted by Crippen LogP contribution is -2.39. The molecule has 9 nitrogen and oxygen atoms in total. The average Bonchev–Trinajstić information content (AvgIpc) is 2.91. The fourth-order valence-electron chi connectivity index (χ4n) is 3.09. The Balaban J connectivity index is 1.88. The molecule has 204 valence electrons. The normalized spacial score (nSPS) is 12.2. The van der Waals surface area contributed by atoms with Gasteiger partial charge >= 0.3 is 12.1 Å². The van der Waals surface area contributed by atoms with Gasteiger partial charge in [0.15, 0.2) is 5.84 Å². The minimum Gasteiger partial charge on any atom is -0.488 e. The number of nitrogens with one attached hydrogen (secondary N) is 3. The molecule has 0 spiro atoms. The zero-order chi connectivity index (χ0) is 28.4. The molecule has 0 radical (unpaired) electrons. The first kappa shape index (κ1) is 29.0. The van der Waals surface area contributed by atoms with Crippen molar-refractivity contribution in [2.24, 2.45) is 10.8 Å². The molecule has 5 N–H and O–H groups in total. The Morgan fingerprint density at radius 1 is 1.05 bits per heavy atom. The molecule has 1 atom stereocenters. The number of anilines is 1. The average molecular weight is 606 g/mol. The number of amidine groups is 1. The predicted molar refractivity (Wildman–Crippen MR) is 143 cm³/mol. The zero-order valence-electron chi connectivity index (χ0n) is 20.2. The van der Waals surface area contributed by atoms with Crippen LogP contribution >= 0.6 is 15.9 Å². The van der Waals surface area contributed by atoms with Crippen molar-refractivity contribution < 1.29 is 32.2 Å². The molecular formula is C26H23BrF3N5O4. The Labute approximate surface area is 230 Å². The van der Waals surface area contributed by atoms with E-state index >= 15 is 0 Å². The van der Waals surface area contributed by atoms with Crippen molar-refractivity contribution in [1.82, 2.24) is 10.9 Å². The summed E-state index contributed by atoms with van der Waals surface area (Å²) in [7, 11) is 0. The number of hydrogen-bond donors (Lipinski definition) is 4. The summed E-state index contributed by atoms with van der Waals surface area (Å²) in [4.78, 5) is 24.5. The number of hydrogen-bond acceptors (Lipinski definition) is 7. The number of nitrogens with zero attached hydrogens (tertiary/aromatic N) is 1. The molecule has 1 unspecified atom stereocenters. The second kappa shape index (κ2) is 13.3. The minimum atomic E-state index is -5.21. The maximum absolute atomic E-state index is 13.2. The van der Waals surface area contributed by atoms with E-state index < -0.39 is 29.8 Å². The van der Waals surface area contributed by atoms with Gasteiger partial charge in [-0.15, -0.1) is 0 Å². The van der Waals surface area contributed by atoms with Gasteiger partial charge in [0.2, 0.25) is 0 Å². The van der Waals surface area contributed by atoms with Crippen LogP contribution in [0.5, 0.6) is 11.5 Å². The van der Waals surface area contributed by atoms with E-state index in [1.165, 1.54) is 18.2 Å². The lowest BCUT2D eigenvalue weighted by atomic mass is 10.1. The number of hydrazine groups is 1. The number of hydrazone groups is 1. The van der Waals surface area contributed by atoms with Crippen LogP contribution in [0, 0.1) is 0 Å². The van der Waals surface area contributed by atoms with Gasteiger partial charge in [-0.05, 0) is 57.9 Å². The molecule has 0 saturated carbocycles. The smallest absolute Gasteiger partial charge is 0.488 e. The largest absolute Gasteiger partial charge is 0.491 e. The predicted octanol–water partition coefficient (Wildman–Crippen LogP) is 4.58. The van der Waals surface area contributed by atoms with E-state index in [1.807, 2.05) is 6.07 Å². The Hall–Kier alpha value is -4.52. The molecule has 0 fully saturated rings. The third-order valence-corrected chi connectivity index (χ3v) is 5.54. The molecule has 1 amide bonds. The number of ether oxygens (including phenoxy) is 2. The molecular weight excluding hydrogens is 583 g/mol. The van der Waals surface area contributed by atoms with Gasteiger partial charge < -0.3 is 15.2 Å². The Bertz CT molecular complexity index is 1350. The van der Waals surface area contributed by atoms with E-state index in [9.17, 15) is 22.8 Å². The fourth-order valence-corrected chi connectivity index (χ4v) is 3.60. The van der Waals surface area contributed by atoms with E-state index in [2.05, 4.69) is 48.6 Å². The molecule has 3 aromatic rings. The van der Waals surface area contributed by atoms with Gasteiger partial charge in [0.25, 0.3) is 5.91 Å². The van der Waals surface area contributed by atoms with Crippen molar-refractivity contribution in [1.29, 1.82) is 0 Å². The van der Waals surface area contributed by atoms with Crippen LogP contribution in [-0.2, 0) is 9.59 Å². The van der Waals surface area contributed by atoms with Crippen LogP contribution in [-0.4, -0.2) is 30.5 Å². The summed E-state index contributed by atoms with van der Waals surface area (Å²) >= 11 is 3.40. The van der Waals surface area contributed by atoms with Crippen molar-refractivity contribution in [3.05, 3.63) is 101 Å². The number of nitrogens with two attached hydrogens (primary N) is 1. The van der Waals surface area contributed by atoms with Crippen LogP contribution in [0.2, 0.25) is 0 Å². The Morgan fingerprint density at radius 3 is 2.41 bits per heavy atom. The lowest BCUT2D eigenvalue weighted by Gasteiger charge is -2.19. The third kappa shape index (κ3) is 8.23. The minimum absolute atomic E-state index is 0.0986. The Morgan fingerprint density at radius 2 is 1.74 bits per heavy atom. The number of carbonyl (C=O) groups is 2. The second-order valence-electron chi connectivity index (χ2n) is 7.71. The van der Waals surface area contributed by atoms with E-state index in [0.717, 1.165) is 6.07 Å². The van der Waals surface area contributed by atoms with Crippen LogP contribution in [0.3, 0.4) is 0 Å². The third-order valence-electron chi connectivity index (χ3n) is 4.92. The molecule has 0 heterocycles. The van der Waals surface area contributed by atoms with E-state index in [1.54, 1.807) is 48.5 Å². The van der Waals surface area contributed by atoms with Gasteiger partial charge in [-0.25, -0.2) is 4.79 Å². The highest BCUT2D eigenvalue weighted by molar-refractivity contribution is 9.10. The van der Waals surface area contributed by atoms with Gasteiger partial charge in [0.1, 0.15) is 24.1 Å². The van der Waals surface area contributed by atoms with E-state index in [0.29, 0.717) is 21.5 Å². The number of alkyl halides is 3. The monoisotopic (exact) mass is 605 g/mol. The summed E-state index contributed by atoms with van der Waals surface area (Å²) in [6.45, 7) is 3.86. The highest BCUT2D eigenvalue weighted by Gasteiger charge is 2.41. The number of benzene rings is 3. The number of esters is 1. The van der Waals surface area contributed by atoms with E-state index in [4.69, 9.17) is 10.5 Å². The molecule has 0 aliphatic carbocycles. The summed E-state index contributed by atoms with van der Waals surface area (Å²) in [5.41, 5.74) is 15.0. The van der Waals surface area contributed by atoms with Crippen LogP contribution in [0.25, 0.3) is 0 Å². The van der Waals surface area contributed by atoms with Gasteiger partial charge in [-0.3, -0.25) is 21.1 Å². The van der Waals surface area contributed by atoms with Crippen LogP contribution in [0.4, 0.5) is 18.9 Å². The van der Waals surface area contributed by atoms with Crippen molar-refractivity contribution in [2.75, 3.05) is 12.0 Å². The maximum Gasteiger partial charge on any atom is 0.491 e. The molecule has 0 aliphatic rings. The summed E-state index contributed by atoms with van der Waals surface area (Å²) < 4.78 is 48.7. The standard InChI is InChI=1S/C26H23BrF3N5O4/c1-2-14-38-21-13-12-16(15-19(21)27)22(24(36)35-32-17-8-4-3-5-9-17)33-34-23(31)18-10-6-7-11-20(18)39-25(37)26(28,29)30/h2-13,15,22,32-33H,1,14H2,(H2,31,34)(H,35,36). The quantitative estimate of drug-likeness (QED) is 0.0629. The van der Waals surface area contributed by atoms with Crippen molar-refractivity contribution in [3.8, 4) is 11.5 Å². The number of rotatable bonds is 11. The highest BCUT2D eigenvalue weighted by Crippen LogP contribution is 2.29. The van der Waals surface area contributed by atoms with Crippen LogP contribution < -0.4 is 31.5 Å². The first-order valence-electron chi connectivity index (χ1n) is 11.2. The molecule has 0 aromatic heterocycles. The van der Waals surface area contributed by atoms with Gasteiger partial charge in [0, 0.05) is 0 Å². The molecule has 0 aliphatic heterocycles. The van der Waals surface area contributed by atoms with Gasteiger partial charge in [-0.2, -0.15) is 18.3 Å². The number of carbonyl (C=O) groups excluding carboxylic acids is 2. The summed E-state index contributed by atoms with van der Waals surface area (Å²) in [5.74, 6) is -3.27. The van der Waals surface area contributed by atoms with Crippen molar-refractivity contribution in [2.45, 2.75) is 12.2 Å². The molecule has 0 bridgehead atoms. The topological polar surface area (TPSA) is 127 Å². The van der Waals surface area contributed by atoms with E-state index in [-0.39, 0.29) is 18.0 Å².